The summed E-state index contributed by atoms with van der Waals surface area (Å²) < 4.78 is 1.11. The van der Waals surface area contributed by atoms with E-state index in [4.69, 9.17) is 5.73 Å². The molecule has 1 fully saturated rings. The molecule has 2 nitrogen and oxygen atoms in total. The fourth-order valence-corrected chi connectivity index (χ4v) is 3.15. The Morgan fingerprint density at radius 3 is 2.75 bits per heavy atom. The van der Waals surface area contributed by atoms with Crippen molar-refractivity contribution < 1.29 is 0 Å². The maximum Gasteiger partial charge on any atom is 0.0514 e. The number of halogens is 1. The van der Waals surface area contributed by atoms with Crippen molar-refractivity contribution in [3.8, 4) is 0 Å². The number of hydrogen-bond donors (Lipinski definition) is 1. The summed E-state index contributed by atoms with van der Waals surface area (Å²) in [5, 5.41) is 0. The minimum absolute atomic E-state index is 0.615. The highest BCUT2D eigenvalue weighted by molar-refractivity contribution is 9.10. The molecule has 0 spiro atoms. The lowest BCUT2D eigenvalue weighted by Gasteiger charge is -2.38. The fourth-order valence-electron chi connectivity index (χ4n) is 2.52. The zero-order valence-corrected chi connectivity index (χ0v) is 11.5. The Labute approximate surface area is 106 Å². The topological polar surface area (TPSA) is 29.3 Å². The lowest BCUT2D eigenvalue weighted by molar-refractivity contribution is 0.377. The van der Waals surface area contributed by atoms with Gasteiger partial charge in [-0.1, -0.05) is 6.92 Å². The number of nitrogens with two attached hydrogens (primary N) is 1. The summed E-state index contributed by atoms with van der Waals surface area (Å²) in [6, 6.07) is 6.69. The van der Waals surface area contributed by atoms with E-state index in [0.717, 1.165) is 22.6 Å². The van der Waals surface area contributed by atoms with Crippen molar-refractivity contribution in [2.24, 2.45) is 5.92 Å². The molecule has 0 amide bonds. The Balaban J connectivity index is 2.23. The largest absolute Gasteiger partial charge is 0.399 e. The summed E-state index contributed by atoms with van der Waals surface area (Å²) in [6.45, 7) is 5.79. The predicted octanol–water partition coefficient (Wildman–Crippen LogP) is 3.66. The highest BCUT2D eigenvalue weighted by Crippen LogP contribution is 2.33. The van der Waals surface area contributed by atoms with Gasteiger partial charge in [0.15, 0.2) is 0 Å². The lowest BCUT2D eigenvalue weighted by atomic mass is 9.93. The van der Waals surface area contributed by atoms with Crippen LogP contribution in [0.25, 0.3) is 0 Å². The van der Waals surface area contributed by atoms with Gasteiger partial charge in [0.1, 0.15) is 0 Å². The molecule has 88 valence electrons. The second-order valence-corrected chi connectivity index (χ2v) is 5.74. The van der Waals surface area contributed by atoms with Crippen LogP contribution >= 0.6 is 15.9 Å². The SMILES string of the molecule is CC1CCN(c2ccc(N)cc2Br)C(C)C1. The number of nitrogen functional groups attached to an aromatic ring is 1. The van der Waals surface area contributed by atoms with E-state index >= 15 is 0 Å². The molecule has 1 aromatic rings. The van der Waals surface area contributed by atoms with Gasteiger partial charge in [-0.05, 0) is 59.8 Å². The van der Waals surface area contributed by atoms with Crippen molar-refractivity contribution >= 4 is 27.3 Å². The monoisotopic (exact) mass is 282 g/mol. The normalized spacial score (nSPS) is 25.8. The third-order valence-corrected chi connectivity index (χ3v) is 4.05. The third-order valence-electron chi connectivity index (χ3n) is 3.42. The molecule has 0 saturated carbocycles. The van der Waals surface area contributed by atoms with Gasteiger partial charge < -0.3 is 10.6 Å². The van der Waals surface area contributed by atoms with Crippen molar-refractivity contribution in [3.63, 3.8) is 0 Å². The average Bonchev–Trinajstić information content (AvgIpc) is 2.19. The fraction of sp³-hybridized carbons (Fsp3) is 0.538. The Morgan fingerprint density at radius 1 is 1.38 bits per heavy atom. The van der Waals surface area contributed by atoms with E-state index in [9.17, 15) is 0 Å². The Morgan fingerprint density at radius 2 is 2.12 bits per heavy atom. The molecule has 2 rings (SSSR count). The first-order valence-electron chi connectivity index (χ1n) is 5.89. The molecule has 1 aliphatic heterocycles. The molecule has 2 N–H and O–H groups in total. The molecule has 3 heteroatoms. The number of benzene rings is 1. The number of rotatable bonds is 1. The molecule has 1 aliphatic rings. The van der Waals surface area contributed by atoms with Gasteiger partial charge in [-0.3, -0.25) is 0 Å². The van der Waals surface area contributed by atoms with Crippen molar-refractivity contribution in [2.75, 3.05) is 17.2 Å². The number of anilines is 2. The maximum atomic E-state index is 5.77. The number of nitrogens with zero attached hydrogens (tertiary/aromatic N) is 1. The van der Waals surface area contributed by atoms with E-state index in [0.29, 0.717) is 6.04 Å². The van der Waals surface area contributed by atoms with E-state index in [1.54, 1.807) is 0 Å². The van der Waals surface area contributed by atoms with E-state index in [-0.39, 0.29) is 0 Å². The van der Waals surface area contributed by atoms with E-state index in [1.807, 2.05) is 12.1 Å². The number of piperidine rings is 1. The summed E-state index contributed by atoms with van der Waals surface area (Å²) in [5.74, 6) is 0.846. The molecular weight excluding hydrogens is 264 g/mol. The van der Waals surface area contributed by atoms with Crippen LogP contribution in [0, 0.1) is 5.92 Å². The maximum absolute atomic E-state index is 5.77. The van der Waals surface area contributed by atoms with Crippen LogP contribution in [0.2, 0.25) is 0 Å². The van der Waals surface area contributed by atoms with Crippen LogP contribution in [0.1, 0.15) is 26.7 Å². The van der Waals surface area contributed by atoms with E-state index < -0.39 is 0 Å². The Bertz CT molecular complexity index is 378. The Kier molecular flexibility index (Phi) is 3.43. The highest BCUT2D eigenvalue weighted by atomic mass is 79.9. The molecule has 0 radical (unpaired) electrons. The molecule has 0 aliphatic carbocycles. The highest BCUT2D eigenvalue weighted by Gasteiger charge is 2.24. The summed E-state index contributed by atoms with van der Waals surface area (Å²) in [5.41, 5.74) is 7.85. The van der Waals surface area contributed by atoms with Crippen molar-refractivity contribution in [2.45, 2.75) is 32.7 Å². The zero-order chi connectivity index (χ0) is 11.7. The quantitative estimate of drug-likeness (QED) is 0.797. The number of hydrogen-bond acceptors (Lipinski definition) is 2. The van der Waals surface area contributed by atoms with Crippen LogP contribution in [0.3, 0.4) is 0 Å². The summed E-state index contributed by atoms with van der Waals surface area (Å²) in [7, 11) is 0. The molecule has 1 saturated heterocycles. The first-order valence-corrected chi connectivity index (χ1v) is 6.69. The van der Waals surface area contributed by atoms with Crippen molar-refractivity contribution in [1.29, 1.82) is 0 Å². The predicted molar refractivity (Wildman–Crippen MR) is 73.8 cm³/mol. The first-order chi connectivity index (χ1) is 7.58. The van der Waals surface area contributed by atoms with Crippen LogP contribution in [-0.4, -0.2) is 12.6 Å². The van der Waals surface area contributed by atoms with Gasteiger partial charge in [-0.25, -0.2) is 0 Å². The molecule has 2 unspecified atom stereocenters. The second-order valence-electron chi connectivity index (χ2n) is 4.88. The van der Waals surface area contributed by atoms with Crippen molar-refractivity contribution in [3.05, 3.63) is 22.7 Å². The zero-order valence-electron chi connectivity index (χ0n) is 9.91. The van der Waals surface area contributed by atoms with Gasteiger partial charge in [0.05, 0.1) is 5.69 Å². The Hall–Kier alpha value is -0.700. The first kappa shape index (κ1) is 11.8. The van der Waals surface area contributed by atoms with Gasteiger partial charge in [0, 0.05) is 22.7 Å². The lowest BCUT2D eigenvalue weighted by Crippen LogP contribution is -2.40. The summed E-state index contributed by atoms with van der Waals surface area (Å²) >= 11 is 3.60. The van der Waals surface area contributed by atoms with Crippen LogP contribution in [0.4, 0.5) is 11.4 Å². The molecule has 0 aromatic heterocycles. The summed E-state index contributed by atoms with van der Waals surface area (Å²) in [6.07, 6.45) is 2.55. The molecule has 1 aromatic carbocycles. The molecule has 0 bridgehead atoms. The standard InChI is InChI=1S/C13H19BrN2/c1-9-5-6-16(10(2)7-9)13-4-3-11(15)8-12(13)14/h3-4,8-10H,5-7,15H2,1-2H3. The smallest absolute Gasteiger partial charge is 0.0514 e. The van der Waals surface area contributed by atoms with Crippen molar-refractivity contribution in [1.82, 2.24) is 0 Å². The molecule has 1 heterocycles. The van der Waals surface area contributed by atoms with E-state index in [1.165, 1.54) is 18.5 Å². The van der Waals surface area contributed by atoms with Crippen LogP contribution in [0.15, 0.2) is 22.7 Å². The average molecular weight is 283 g/mol. The minimum Gasteiger partial charge on any atom is -0.399 e. The van der Waals surface area contributed by atoms with Crippen LogP contribution in [-0.2, 0) is 0 Å². The molecular formula is C13H19BrN2. The van der Waals surface area contributed by atoms with Gasteiger partial charge in [-0.15, -0.1) is 0 Å². The van der Waals surface area contributed by atoms with Gasteiger partial charge in [0.2, 0.25) is 0 Å². The second kappa shape index (κ2) is 4.66. The van der Waals surface area contributed by atoms with Crippen LogP contribution in [0.5, 0.6) is 0 Å². The van der Waals surface area contributed by atoms with E-state index in [2.05, 4.69) is 40.7 Å². The van der Waals surface area contributed by atoms with Crippen LogP contribution < -0.4 is 10.6 Å². The third kappa shape index (κ3) is 2.34. The van der Waals surface area contributed by atoms with Gasteiger partial charge in [0.25, 0.3) is 0 Å². The minimum atomic E-state index is 0.615. The summed E-state index contributed by atoms with van der Waals surface area (Å²) in [4.78, 5) is 2.48. The molecule has 2 atom stereocenters. The van der Waals surface area contributed by atoms with Gasteiger partial charge in [-0.2, -0.15) is 0 Å². The van der Waals surface area contributed by atoms with Gasteiger partial charge >= 0.3 is 0 Å². The molecule has 16 heavy (non-hydrogen) atoms.